The smallest absolute Gasteiger partial charge is 0.319 e. The molecule has 0 bridgehead atoms. The highest BCUT2D eigenvalue weighted by Crippen LogP contribution is 2.15. The molecule has 6 nitrogen and oxygen atoms in total. The Bertz CT molecular complexity index is 455. The van der Waals surface area contributed by atoms with Crippen molar-refractivity contribution in [2.24, 2.45) is 0 Å². The van der Waals surface area contributed by atoms with Crippen molar-refractivity contribution < 1.29 is 14.6 Å². The molecule has 22 heavy (non-hydrogen) atoms. The van der Waals surface area contributed by atoms with Gasteiger partial charge in [-0.05, 0) is 52.0 Å². The number of amides is 2. The average molecular weight is 309 g/mol. The van der Waals surface area contributed by atoms with Gasteiger partial charge in [-0.15, -0.1) is 0 Å². The molecule has 0 saturated carbocycles. The van der Waals surface area contributed by atoms with Gasteiger partial charge in [0.05, 0.1) is 0 Å². The fraction of sp³-hybridized carbons (Fsp3) is 0.562. The van der Waals surface area contributed by atoms with Crippen molar-refractivity contribution in [3.8, 4) is 5.75 Å². The van der Waals surface area contributed by atoms with Gasteiger partial charge in [-0.2, -0.15) is 0 Å². The highest BCUT2D eigenvalue weighted by Gasteiger charge is 2.12. The summed E-state index contributed by atoms with van der Waals surface area (Å²) in [5.41, 5.74) is 0.654. The average Bonchev–Trinajstić information content (AvgIpc) is 2.44. The minimum atomic E-state index is -0.577. The van der Waals surface area contributed by atoms with E-state index in [2.05, 4.69) is 16.0 Å². The van der Waals surface area contributed by atoms with Crippen molar-refractivity contribution in [1.82, 2.24) is 10.6 Å². The monoisotopic (exact) mass is 309 g/mol. The molecular formula is C16H27N3O3. The van der Waals surface area contributed by atoms with Crippen LogP contribution in [0.4, 0.5) is 10.5 Å². The van der Waals surface area contributed by atoms with E-state index in [9.17, 15) is 9.90 Å². The highest BCUT2D eigenvalue weighted by atomic mass is 16.5. The molecule has 1 atom stereocenters. The zero-order chi connectivity index (χ0) is 16.6. The molecule has 124 valence electrons. The van der Waals surface area contributed by atoms with Crippen LogP contribution in [0.3, 0.4) is 0 Å². The number of urea groups is 1. The molecule has 1 aromatic carbocycles. The first-order chi connectivity index (χ1) is 10.3. The molecule has 0 aromatic heterocycles. The summed E-state index contributed by atoms with van der Waals surface area (Å²) in [6, 6.07) is 6.78. The van der Waals surface area contributed by atoms with Gasteiger partial charge >= 0.3 is 6.03 Å². The number of aliphatic hydroxyl groups is 1. The van der Waals surface area contributed by atoms with Crippen molar-refractivity contribution in [2.45, 2.75) is 39.3 Å². The number of benzene rings is 1. The summed E-state index contributed by atoms with van der Waals surface area (Å²) in [6.07, 6.45) is -0.577. The Morgan fingerprint density at radius 1 is 1.27 bits per heavy atom. The maximum absolute atomic E-state index is 11.4. The summed E-state index contributed by atoms with van der Waals surface area (Å²) in [6.45, 7) is 9.25. The fourth-order valence-corrected chi connectivity index (χ4v) is 1.65. The number of hydrogen-bond donors (Lipinski definition) is 4. The molecule has 2 amide bonds. The van der Waals surface area contributed by atoms with Crippen LogP contribution in [-0.4, -0.2) is 42.5 Å². The molecule has 0 aliphatic heterocycles. The Morgan fingerprint density at radius 2 is 1.91 bits per heavy atom. The zero-order valence-electron chi connectivity index (χ0n) is 13.8. The van der Waals surface area contributed by atoms with Crippen LogP contribution in [-0.2, 0) is 0 Å². The van der Waals surface area contributed by atoms with E-state index in [0.29, 0.717) is 24.5 Å². The van der Waals surface area contributed by atoms with Crippen LogP contribution in [0.2, 0.25) is 0 Å². The van der Waals surface area contributed by atoms with E-state index in [1.807, 2.05) is 27.7 Å². The SMILES string of the molecule is CCNC(=O)Nc1ccc(OCC(O)CNC(C)(C)C)cc1. The number of rotatable bonds is 7. The summed E-state index contributed by atoms with van der Waals surface area (Å²) < 4.78 is 5.52. The lowest BCUT2D eigenvalue weighted by molar-refractivity contribution is 0.100. The molecule has 0 fully saturated rings. The van der Waals surface area contributed by atoms with E-state index in [1.54, 1.807) is 24.3 Å². The third-order valence-electron chi connectivity index (χ3n) is 2.76. The first kappa shape index (κ1) is 18.3. The summed E-state index contributed by atoms with van der Waals surface area (Å²) in [5.74, 6) is 0.649. The molecule has 0 aliphatic carbocycles. The van der Waals surface area contributed by atoms with E-state index < -0.39 is 6.10 Å². The molecule has 1 rings (SSSR count). The van der Waals surface area contributed by atoms with Gasteiger partial charge in [0.15, 0.2) is 0 Å². The third kappa shape index (κ3) is 7.85. The summed E-state index contributed by atoms with van der Waals surface area (Å²) in [4.78, 5) is 11.4. The Kier molecular flexibility index (Phi) is 7.14. The number of ether oxygens (including phenoxy) is 1. The maximum Gasteiger partial charge on any atom is 0.319 e. The van der Waals surface area contributed by atoms with Crippen LogP contribution in [0.1, 0.15) is 27.7 Å². The number of nitrogens with one attached hydrogen (secondary N) is 3. The first-order valence-electron chi connectivity index (χ1n) is 7.51. The van der Waals surface area contributed by atoms with Gasteiger partial charge < -0.3 is 25.8 Å². The molecule has 1 aromatic rings. The van der Waals surface area contributed by atoms with Crippen LogP contribution in [0.15, 0.2) is 24.3 Å². The maximum atomic E-state index is 11.4. The largest absolute Gasteiger partial charge is 0.491 e. The molecule has 6 heteroatoms. The van der Waals surface area contributed by atoms with Crippen LogP contribution in [0, 0.1) is 0 Å². The number of hydrogen-bond acceptors (Lipinski definition) is 4. The third-order valence-corrected chi connectivity index (χ3v) is 2.76. The van der Waals surface area contributed by atoms with E-state index in [-0.39, 0.29) is 18.2 Å². The topological polar surface area (TPSA) is 82.6 Å². The standard InChI is InChI=1S/C16H27N3O3/c1-5-17-15(21)19-12-6-8-14(9-7-12)22-11-13(20)10-18-16(2,3)4/h6-9,13,18,20H,5,10-11H2,1-4H3,(H2,17,19,21). The molecule has 1 unspecified atom stereocenters. The van der Waals surface area contributed by atoms with E-state index in [1.165, 1.54) is 0 Å². The molecule has 4 N–H and O–H groups in total. The Hall–Kier alpha value is -1.79. The molecular weight excluding hydrogens is 282 g/mol. The normalized spacial score (nSPS) is 12.6. The second-order valence-corrected chi connectivity index (χ2v) is 6.10. The number of β-amino-alcohol motifs (C(OH)–C–C–N with tert-alkyl or cyclic N) is 1. The fourth-order valence-electron chi connectivity index (χ4n) is 1.65. The minimum Gasteiger partial charge on any atom is -0.491 e. The van der Waals surface area contributed by atoms with Crippen LogP contribution in [0.25, 0.3) is 0 Å². The van der Waals surface area contributed by atoms with Gasteiger partial charge in [-0.3, -0.25) is 0 Å². The first-order valence-corrected chi connectivity index (χ1v) is 7.51. The van der Waals surface area contributed by atoms with Gasteiger partial charge in [-0.1, -0.05) is 0 Å². The van der Waals surface area contributed by atoms with Crippen LogP contribution in [0.5, 0.6) is 5.75 Å². The van der Waals surface area contributed by atoms with E-state index in [4.69, 9.17) is 4.74 Å². The molecule has 0 aliphatic rings. The minimum absolute atomic E-state index is 0.0344. The van der Waals surface area contributed by atoms with E-state index >= 15 is 0 Å². The lowest BCUT2D eigenvalue weighted by atomic mass is 10.1. The van der Waals surface area contributed by atoms with Gasteiger partial charge in [0.2, 0.25) is 0 Å². The summed E-state index contributed by atoms with van der Waals surface area (Å²) in [7, 11) is 0. The Labute approximate surface area is 132 Å². The van der Waals surface area contributed by atoms with Crippen molar-refractivity contribution in [3.63, 3.8) is 0 Å². The van der Waals surface area contributed by atoms with Crippen molar-refractivity contribution in [1.29, 1.82) is 0 Å². The lowest BCUT2D eigenvalue weighted by Crippen LogP contribution is -2.42. The highest BCUT2D eigenvalue weighted by molar-refractivity contribution is 5.89. The predicted octanol–water partition coefficient (Wildman–Crippen LogP) is 1.96. The summed E-state index contributed by atoms with van der Waals surface area (Å²) >= 11 is 0. The summed E-state index contributed by atoms with van der Waals surface area (Å²) in [5, 5.41) is 18.4. The number of carbonyl (C=O) groups excluding carboxylic acids is 1. The second-order valence-electron chi connectivity index (χ2n) is 6.10. The van der Waals surface area contributed by atoms with Crippen molar-refractivity contribution in [2.75, 3.05) is 25.0 Å². The number of aliphatic hydroxyl groups excluding tert-OH is 1. The predicted molar refractivity (Wildman–Crippen MR) is 88.4 cm³/mol. The molecule has 0 saturated heterocycles. The lowest BCUT2D eigenvalue weighted by Gasteiger charge is -2.23. The quantitative estimate of drug-likeness (QED) is 0.620. The molecule has 0 radical (unpaired) electrons. The van der Waals surface area contributed by atoms with Crippen molar-refractivity contribution >= 4 is 11.7 Å². The van der Waals surface area contributed by atoms with Gasteiger partial charge in [0, 0.05) is 24.3 Å². The van der Waals surface area contributed by atoms with Gasteiger partial charge in [0.1, 0.15) is 18.5 Å². The van der Waals surface area contributed by atoms with Gasteiger partial charge in [0.25, 0.3) is 0 Å². The van der Waals surface area contributed by atoms with Crippen LogP contribution >= 0.6 is 0 Å². The van der Waals surface area contributed by atoms with Crippen LogP contribution < -0.4 is 20.7 Å². The zero-order valence-corrected chi connectivity index (χ0v) is 13.8. The number of anilines is 1. The molecule has 0 heterocycles. The van der Waals surface area contributed by atoms with Gasteiger partial charge in [-0.25, -0.2) is 4.79 Å². The molecule has 0 spiro atoms. The Morgan fingerprint density at radius 3 is 2.45 bits per heavy atom. The Balaban J connectivity index is 2.36. The van der Waals surface area contributed by atoms with Crippen molar-refractivity contribution in [3.05, 3.63) is 24.3 Å². The second kappa shape index (κ2) is 8.60. The number of carbonyl (C=O) groups is 1. The van der Waals surface area contributed by atoms with E-state index in [0.717, 1.165) is 0 Å².